The third kappa shape index (κ3) is 5.77. The third-order valence-electron chi connectivity index (χ3n) is 3.75. The maximum Gasteiger partial charge on any atom is 0.224 e. The fourth-order valence-corrected chi connectivity index (χ4v) is 2.47. The molecule has 0 fully saturated rings. The summed E-state index contributed by atoms with van der Waals surface area (Å²) in [5, 5.41) is 9.62. The molecule has 1 aromatic rings. The molecule has 1 aliphatic rings. The minimum Gasteiger partial charge on any atom is -0.353 e. The molecule has 1 amide bonds. The summed E-state index contributed by atoms with van der Waals surface area (Å²) in [6.07, 6.45) is 7.89. The van der Waals surface area contributed by atoms with Crippen LogP contribution in [0, 0.1) is 0 Å². The van der Waals surface area contributed by atoms with Gasteiger partial charge in [0.2, 0.25) is 5.91 Å². The minimum atomic E-state index is 0.0631. The lowest BCUT2D eigenvalue weighted by atomic mass is 10.2. The van der Waals surface area contributed by atoms with Crippen LogP contribution in [0.3, 0.4) is 0 Å². The number of aliphatic imine (C=N–C) groups is 1. The molecule has 0 radical (unpaired) electrons. The molecule has 2 rings (SSSR count). The van der Waals surface area contributed by atoms with E-state index >= 15 is 0 Å². The number of hydrogen-bond donors (Lipinski definition) is 3. The molecular formula is C18H26N4O. The van der Waals surface area contributed by atoms with Gasteiger partial charge in [0, 0.05) is 31.7 Å². The van der Waals surface area contributed by atoms with Gasteiger partial charge >= 0.3 is 0 Å². The zero-order chi connectivity index (χ0) is 16.5. The fraction of sp³-hybridized carbons (Fsp3) is 0.444. The molecular weight excluding hydrogens is 288 g/mol. The molecule has 0 bridgehead atoms. The molecule has 1 aromatic carbocycles. The first kappa shape index (κ1) is 17.1. The van der Waals surface area contributed by atoms with E-state index in [0.29, 0.717) is 19.0 Å². The van der Waals surface area contributed by atoms with Crippen molar-refractivity contribution >= 4 is 17.6 Å². The van der Waals surface area contributed by atoms with Gasteiger partial charge in [-0.05, 0) is 37.0 Å². The van der Waals surface area contributed by atoms with Gasteiger partial charge < -0.3 is 16.0 Å². The van der Waals surface area contributed by atoms with Crippen LogP contribution in [0.4, 0.5) is 5.69 Å². The van der Waals surface area contributed by atoms with Crippen molar-refractivity contribution in [2.45, 2.75) is 45.2 Å². The predicted molar refractivity (Wildman–Crippen MR) is 95.5 cm³/mol. The smallest absolute Gasteiger partial charge is 0.224 e. The second-order valence-corrected chi connectivity index (χ2v) is 5.70. The first-order valence-corrected chi connectivity index (χ1v) is 8.22. The maximum absolute atomic E-state index is 11.6. The van der Waals surface area contributed by atoms with Crippen molar-refractivity contribution in [3.8, 4) is 0 Å². The summed E-state index contributed by atoms with van der Waals surface area (Å²) in [6, 6.07) is 8.33. The Morgan fingerprint density at radius 2 is 1.91 bits per heavy atom. The van der Waals surface area contributed by atoms with E-state index < -0.39 is 0 Å². The Balaban J connectivity index is 1.79. The van der Waals surface area contributed by atoms with Crippen LogP contribution in [0.1, 0.15) is 38.2 Å². The molecule has 0 spiro atoms. The molecule has 1 aliphatic carbocycles. The van der Waals surface area contributed by atoms with Crippen LogP contribution in [0.2, 0.25) is 0 Å². The van der Waals surface area contributed by atoms with Gasteiger partial charge in [0.25, 0.3) is 0 Å². The van der Waals surface area contributed by atoms with Crippen LogP contribution < -0.4 is 16.0 Å². The van der Waals surface area contributed by atoms with Crippen LogP contribution in [0.15, 0.2) is 41.4 Å². The molecule has 0 unspecified atom stereocenters. The number of carbonyl (C=O) groups excluding carboxylic acids is 1. The highest BCUT2D eigenvalue weighted by atomic mass is 16.1. The van der Waals surface area contributed by atoms with E-state index in [1.165, 1.54) is 0 Å². The molecule has 0 saturated carbocycles. The third-order valence-corrected chi connectivity index (χ3v) is 3.75. The van der Waals surface area contributed by atoms with E-state index in [2.05, 4.69) is 33.1 Å². The zero-order valence-corrected chi connectivity index (χ0v) is 13.9. The summed E-state index contributed by atoms with van der Waals surface area (Å²) in [4.78, 5) is 15.8. The first-order valence-electron chi connectivity index (χ1n) is 8.22. The van der Waals surface area contributed by atoms with Crippen LogP contribution in [0.25, 0.3) is 0 Å². The molecule has 0 saturated heterocycles. The minimum absolute atomic E-state index is 0.0631. The van der Waals surface area contributed by atoms with E-state index in [1.54, 1.807) is 7.05 Å². The van der Waals surface area contributed by atoms with Crippen LogP contribution in [0.5, 0.6) is 0 Å². The van der Waals surface area contributed by atoms with E-state index in [9.17, 15) is 4.79 Å². The van der Waals surface area contributed by atoms with Crippen molar-refractivity contribution < 1.29 is 4.79 Å². The summed E-state index contributed by atoms with van der Waals surface area (Å²) in [5.41, 5.74) is 1.98. The molecule has 0 atom stereocenters. The number of hydrogen-bond acceptors (Lipinski definition) is 2. The van der Waals surface area contributed by atoms with Gasteiger partial charge in [-0.3, -0.25) is 9.79 Å². The average Bonchev–Trinajstić information content (AvgIpc) is 3.06. The van der Waals surface area contributed by atoms with Crippen molar-refractivity contribution in [2.24, 2.45) is 4.99 Å². The predicted octanol–water partition coefficient (Wildman–Crippen LogP) is 2.81. The molecule has 0 aliphatic heterocycles. The maximum atomic E-state index is 11.6. The molecule has 124 valence electrons. The topological polar surface area (TPSA) is 65.5 Å². The number of rotatable bonds is 6. The number of anilines is 1. The Morgan fingerprint density at radius 3 is 2.52 bits per heavy atom. The van der Waals surface area contributed by atoms with Crippen LogP contribution in [-0.2, 0) is 11.3 Å². The Morgan fingerprint density at radius 1 is 1.22 bits per heavy atom. The summed E-state index contributed by atoms with van der Waals surface area (Å²) < 4.78 is 0. The Labute approximate surface area is 138 Å². The number of guanidine groups is 1. The van der Waals surface area contributed by atoms with Gasteiger partial charge in [-0.25, -0.2) is 0 Å². The molecule has 0 aromatic heterocycles. The van der Waals surface area contributed by atoms with Gasteiger partial charge in [0.1, 0.15) is 0 Å². The van der Waals surface area contributed by atoms with Crippen LogP contribution in [-0.4, -0.2) is 25.0 Å². The van der Waals surface area contributed by atoms with Crippen molar-refractivity contribution in [2.75, 3.05) is 12.4 Å². The number of amides is 1. The normalized spacial score (nSPS) is 14.8. The van der Waals surface area contributed by atoms with Gasteiger partial charge in [-0.2, -0.15) is 0 Å². The molecule has 5 nitrogen and oxygen atoms in total. The molecule has 23 heavy (non-hydrogen) atoms. The number of nitrogens with one attached hydrogen (secondary N) is 3. The number of benzene rings is 1. The van der Waals surface area contributed by atoms with E-state index in [-0.39, 0.29) is 5.91 Å². The molecule has 5 heteroatoms. The fourth-order valence-electron chi connectivity index (χ4n) is 2.47. The zero-order valence-electron chi connectivity index (χ0n) is 13.9. The Hall–Kier alpha value is -2.30. The second-order valence-electron chi connectivity index (χ2n) is 5.70. The molecule has 0 heterocycles. The summed E-state index contributed by atoms with van der Waals surface area (Å²) in [6.45, 7) is 2.69. The van der Waals surface area contributed by atoms with Gasteiger partial charge in [0.05, 0.1) is 0 Å². The van der Waals surface area contributed by atoms with Crippen molar-refractivity contribution in [3.63, 3.8) is 0 Å². The summed E-state index contributed by atoms with van der Waals surface area (Å²) in [7, 11) is 1.78. The highest BCUT2D eigenvalue weighted by Gasteiger charge is 2.11. The van der Waals surface area contributed by atoms with Crippen molar-refractivity contribution in [3.05, 3.63) is 42.0 Å². The van der Waals surface area contributed by atoms with Crippen LogP contribution >= 0.6 is 0 Å². The van der Waals surface area contributed by atoms with E-state index in [0.717, 1.165) is 36.5 Å². The molecule has 3 N–H and O–H groups in total. The van der Waals surface area contributed by atoms with E-state index in [1.807, 2.05) is 31.2 Å². The van der Waals surface area contributed by atoms with Gasteiger partial charge in [0.15, 0.2) is 5.96 Å². The highest BCUT2D eigenvalue weighted by Crippen LogP contribution is 2.11. The first-order chi connectivity index (χ1) is 11.2. The lowest BCUT2D eigenvalue weighted by molar-refractivity contribution is -0.116. The number of nitrogens with zero attached hydrogens (tertiary/aromatic N) is 1. The van der Waals surface area contributed by atoms with Gasteiger partial charge in [-0.1, -0.05) is 31.2 Å². The van der Waals surface area contributed by atoms with Crippen molar-refractivity contribution in [1.82, 2.24) is 10.6 Å². The lowest BCUT2D eigenvalue weighted by Crippen LogP contribution is -2.42. The van der Waals surface area contributed by atoms with E-state index in [4.69, 9.17) is 0 Å². The second kappa shape index (κ2) is 8.98. The lowest BCUT2D eigenvalue weighted by Gasteiger charge is -2.17. The average molecular weight is 314 g/mol. The SMILES string of the molecule is CCCC(=O)Nc1ccc(CNC(=NC)NC2CC=CC2)cc1. The quantitative estimate of drug-likeness (QED) is 0.430. The summed E-state index contributed by atoms with van der Waals surface area (Å²) >= 11 is 0. The standard InChI is InChI=1S/C18H26N4O/c1-3-6-17(23)21-16-11-9-14(10-12-16)13-20-18(19-2)22-15-7-4-5-8-15/h4-5,9-12,15H,3,6-8,13H2,1-2H3,(H,21,23)(H2,19,20,22). The Kier molecular flexibility index (Phi) is 6.66. The van der Waals surface area contributed by atoms with Gasteiger partial charge in [-0.15, -0.1) is 0 Å². The summed E-state index contributed by atoms with van der Waals surface area (Å²) in [5.74, 6) is 0.882. The van der Waals surface area contributed by atoms with Crippen molar-refractivity contribution in [1.29, 1.82) is 0 Å². The number of carbonyl (C=O) groups is 1. The monoisotopic (exact) mass is 314 g/mol. The highest BCUT2D eigenvalue weighted by molar-refractivity contribution is 5.90. The Bertz CT molecular complexity index is 555. The largest absolute Gasteiger partial charge is 0.353 e.